The second kappa shape index (κ2) is 13.0. The first kappa shape index (κ1) is 24.7. The fourth-order valence-electron chi connectivity index (χ4n) is 3.01. The molecule has 0 aliphatic heterocycles. The largest absolute Gasteiger partial charge is 0.404 e. The van der Waals surface area contributed by atoms with Crippen molar-refractivity contribution in [2.45, 2.75) is 27.2 Å². The maximum absolute atomic E-state index is 12.1. The van der Waals surface area contributed by atoms with Gasteiger partial charge in [-0.3, -0.25) is 4.99 Å². The number of nitrogens with zero attached hydrogens (tertiary/aromatic N) is 1. The number of carbonyl (C=O) groups excluding carboxylic acids is 1. The number of allylic oxidation sites excluding steroid dienone is 1. The van der Waals surface area contributed by atoms with Gasteiger partial charge < -0.3 is 26.1 Å². The minimum Gasteiger partial charge on any atom is -0.404 e. The van der Waals surface area contributed by atoms with Gasteiger partial charge in [0.1, 0.15) is 0 Å². The van der Waals surface area contributed by atoms with Crippen LogP contribution in [0.3, 0.4) is 0 Å². The molecule has 0 aliphatic rings. The lowest BCUT2D eigenvalue weighted by Crippen LogP contribution is -2.31. The van der Waals surface area contributed by atoms with E-state index in [1.54, 1.807) is 19.5 Å². The topological polar surface area (TPSA) is 105 Å². The van der Waals surface area contributed by atoms with Crippen molar-refractivity contribution in [3.05, 3.63) is 66.0 Å². The minimum absolute atomic E-state index is 0.287. The van der Waals surface area contributed by atoms with E-state index < -0.39 is 0 Å². The lowest BCUT2D eigenvalue weighted by molar-refractivity contribution is 0.198. The normalized spacial score (nSPS) is 11.3. The van der Waals surface area contributed by atoms with Crippen LogP contribution in [0.4, 0.5) is 16.2 Å². The highest BCUT2D eigenvalue weighted by Crippen LogP contribution is 2.27. The Morgan fingerprint density at radius 1 is 1.19 bits per heavy atom. The van der Waals surface area contributed by atoms with Crippen molar-refractivity contribution in [3.63, 3.8) is 0 Å². The molecule has 0 saturated heterocycles. The van der Waals surface area contributed by atoms with E-state index in [2.05, 4.69) is 39.7 Å². The van der Waals surface area contributed by atoms with Crippen molar-refractivity contribution >= 4 is 40.1 Å². The Morgan fingerprint density at radius 2 is 1.94 bits per heavy atom. The summed E-state index contributed by atoms with van der Waals surface area (Å²) in [5, 5.41) is 6.48. The molecule has 0 fully saturated rings. The number of fused-ring (bicyclic) bond motifs is 1. The van der Waals surface area contributed by atoms with Crippen molar-refractivity contribution < 1.29 is 9.53 Å². The number of aromatic nitrogens is 1. The molecule has 1 aromatic heterocycles. The van der Waals surface area contributed by atoms with Crippen LogP contribution >= 0.6 is 0 Å². The zero-order valence-corrected chi connectivity index (χ0v) is 19.2. The molecule has 0 aliphatic carbocycles. The van der Waals surface area contributed by atoms with Crippen molar-refractivity contribution in [2.75, 3.05) is 25.6 Å². The van der Waals surface area contributed by atoms with E-state index in [4.69, 9.17) is 10.5 Å². The first-order valence-corrected chi connectivity index (χ1v) is 10.8. The van der Waals surface area contributed by atoms with E-state index in [-0.39, 0.29) is 6.03 Å². The second-order valence-electron chi connectivity index (χ2n) is 6.74. The van der Waals surface area contributed by atoms with Crippen LogP contribution in [-0.2, 0) is 11.2 Å². The number of H-pyrrole nitrogens is 1. The lowest BCUT2D eigenvalue weighted by Gasteiger charge is -2.07. The number of anilines is 1. The first-order valence-electron chi connectivity index (χ1n) is 10.8. The van der Waals surface area contributed by atoms with Gasteiger partial charge in [0.2, 0.25) is 0 Å². The number of aliphatic imine (C=N–C) groups is 1. The third kappa shape index (κ3) is 6.72. The summed E-state index contributed by atoms with van der Waals surface area (Å²) in [6.45, 7) is 7.01. The van der Waals surface area contributed by atoms with Crippen LogP contribution in [-0.4, -0.2) is 37.5 Å². The van der Waals surface area contributed by atoms with E-state index in [1.807, 2.05) is 44.2 Å². The molecule has 170 valence electrons. The van der Waals surface area contributed by atoms with Gasteiger partial charge in [-0.2, -0.15) is 0 Å². The summed E-state index contributed by atoms with van der Waals surface area (Å²) in [6.07, 6.45) is 6.04. The molecule has 0 unspecified atom stereocenters. The van der Waals surface area contributed by atoms with Gasteiger partial charge in [-0.25, -0.2) is 4.79 Å². The fourth-order valence-corrected chi connectivity index (χ4v) is 3.01. The number of nitrogens with two attached hydrogens (primary N) is 1. The molecule has 7 heteroatoms. The quantitative estimate of drug-likeness (QED) is 0.288. The van der Waals surface area contributed by atoms with Gasteiger partial charge in [-0.05, 0) is 41.8 Å². The summed E-state index contributed by atoms with van der Waals surface area (Å²) >= 11 is 0. The van der Waals surface area contributed by atoms with Gasteiger partial charge in [0.05, 0.1) is 18.0 Å². The number of urea groups is 1. The molecule has 5 N–H and O–H groups in total. The number of methoxy groups -OCH3 is 1. The van der Waals surface area contributed by atoms with Crippen molar-refractivity contribution in [1.82, 2.24) is 10.3 Å². The molecule has 1 heterocycles. The molecule has 2 aromatic carbocycles. The Kier molecular flexibility index (Phi) is 10.0. The van der Waals surface area contributed by atoms with Crippen LogP contribution in [0, 0.1) is 0 Å². The highest BCUT2D eigenvalue weighted by Gasteiger charge is 2.09. The van der Waals surface area contributed by atoms with E-state index >= 15 is 0 Å². The van der Waals surface area contributed by atoms with Gasteiger partial charge in [-0.15, -0.1) is 0 Å². The molecule has 2 amide bonds. The molecule has 7 nitrogen and oxygen atoms in total. The van der Waals surface area contributed by atoms with Crippen molar-refractivity contribution in [2.24, 2.45) is 10.7 Å². The van der Waals surface area contributed by atoms with Crippen LogP contribution in [0.2, 0.25) is 0 Å². The van der Waals surface area contributed by atoms with Crippen LogP contribution in [0.5, 0.6) is 0 Å². The third-order valence-corrected chi connectivity index (χ3v) is 4.73. The summed E-state index contributed by atoms with van der Waals surface area (Å²) in [6, 6.07) is 13.7. The number of amides is 2. The summed E-state index contributed by atoms with van der Waals surface area (Å²) < 4.78 is 4.94. The molecular formula is C25H33N5O2. The molecule has 0 atom stereocenters. The molecule has 0 saturated carbocycles. The summed E-state index contributed by atoms with van der Waals surface area (Å²) in [4.78, 5) is 19.8. The van der Waals surface area contributed by atoms with Gasteiger partial charge in [0.25, 0.3) is 0 Å². The maximum atomic E-state index is 12.1. The smallest absolute Gasteiger partial charge is 0.319 e. The Labute approximate surface area is 189 Å². The molecular weight excluding hydrogens is 402 g/mol. The van der Waals surface area contributed by atoms with Crippen molar-refractivity contribution in [3.8, 4) is 0 Å². The summed E-state index contributed by atoms with van der Waals surface area (Å²) in [5.41, 5.74) is 11.3. The van der Waals surface area contributed by atoms with E-state index in [0.29, 0.717) is 18.8 Å². The Morgan fingerprint density at radius 3 is 2.59 bits per heavy atom. The zero-order valence-electron chi connectivity index (χ0n) is 19.2. The number of hydrogen-bond acceptors (Lipinski definition) is 4. The highest BCUT2D eigenvalue weighted by atomic mass is 16.5. The van der Waals surface area contributed by atoms with Gasteiger partial charge in [-0.1, -0.05) is 39.0 Å². The van der Waals surface area contributed by atoms with Gasteiger partial charge >= 0.3 is 6.03 Å². The van der Waals surface area contributed by atoms with E-state index in [9.17, 15) is 4.79 Å². The SMILES string of the molecule is CC.CCc1ccc(N=C/C(=C\N)c2ccc3[nH]cc(NC(=O)NCCOC)c3c2)cc1. The summed E-state index contributed by atoms with van der Waals surface area (Å²) in [7, 11) is 1.59. The molecule has 3 aromatic rings. The number of benzene rings is 2. The Bertz CT molecular complexity index is 1050. The molecule has 0 spiro atoms. The van der Waals surface area contributed by atoms with Crippen LogP contribution in [0.15, 0.2) is 59.9 Å². The maximum Gasteiger partial charge on any atom is 0.319 e. The number of ether oxygens (including phenoxy) is 1. The highest BCUT2D eigenvalue weighted by molar-refractivity contribution is 6.12. The molecule has 3 rings (SSSR count). The third-order valence-electron chi connectivity index (χ3n) is 4.73. The molecule has 0 radical (unpaired) electrons. The number of aryl methyl sites for hydroxylation is 1. The number of nitrogens with one attached hydrogen (secondary N) is 3. The monoisotopic (exact) mass is 435 g/mol. The fraction of sp³-hybridized carbons (Fsp3) is 0.280. The minimum atomic E-state index is -0.287. The molecule has 32 heavy (non-hydrogen) atoms. The van der Waals surface area contributed by atoms with E-state index in [1.165, 1.54) is 11.8 Å². The summed E-state index contributed by atoms with van der Waals surface area (Å²) in [5.74, 6) is 0. The molecule has 0 bridgehead atoms. The van der Waals surface area contributed by atoms with Crippen LogP contribution in [0.25, 0.3) is 16.5 Å². The standard InChI is InChI=1S/C23H27N5O2.C2H6/c1-3-16-4-7-19(8-5-16)26-14-18(13-24)17-6-9-21-20(12-17)22(15-27-21)28-23(29)25-10-11-30-2;1-2/h4-9,12-15,27H,3,10-11,24H2,1-2H3,(H2,25,28,29);1-2H3/b18-13+,26-14?;. The van der Waals surface area contributed by atoms with Crippen LogP contribution in [0.1, 0.15) is 31.9 Å². The van der Waals surface area contributed by atoms with E-state index in [0.717, 1.165) is 34.1 Å². The Hall–Kier alpha value is -3.58. The number of hydrogen-bond donors (Lipinski definition) is 4. The second-order valence-corrected chi connectivity index (χ2v) is 6.74. The van der Waals surface area contributed by atoms with Crippen LogP contribution < -0.4 is 16.4 Å². The number of carbonyl (C=O) groups is 1. The number of rotatable bonds is 8. The lowest BCUT2D eigenvalue weighted by atomic mass is 10.1. The van der Waals surface area contributed by atoms with Gasteiger partial charge in [0, 0.05) is 48.7 Å². The average Bonchev–Trinajstić information content (AvgIpc) is 3.23. The average molecular weight is 436 g/mol. The number of aromatic amines is 1. The predicted octanol–water partition coefficient (Wildman–Crippen LogP) is 5.23. The van der Waals surface area contributed by atoms with Gasteiger partial charge in [0.15, 0.2) is 0 Å². The van der Waals surface area contributed by atoms with Crippen molar-refractivity contribution in [1.29, 1.82) is 0 Å². The first-order chi connectivity index (χ1) is 15.6. The Balaban J connectivity index is 0.00000176. The zero-order chi connectivity index (χ0) is 23.3. The predicted molar refractivity (Wildman–Crippen MR) is 135 cm³/mol.